The second-order valence-electron chi connectivity index (χ2n) is 2.36. The number of nitrogens with zero attached hydrogens (tertiary/aromatic N) is 2. The van der Waals surface area contributed by atoms with E-state index in [1.807, 2.05) is 12.1 Å². The SMILES string of the molecule is N#CC(C#N)c1ccc(N)cc1. The maximum atomic E-state index is 8.55. The summed E-state index contributed by atoms with van der Waals surface area (Å²) in [5.41, 5.74) is 6.77. The van der Waals surface area contributed by atoms with Crippen LogP contribution in [0, 0.1) is 22.7 Å². The first-order chi connectivity index (χ1) is 5.77. The van der Waals surface area contributed by atoms with Gasteiger partial charge in [0.25, 0.3) is 0 Å². The molecule has 0 aromatic heterocycles. The zero-order chi connectivity index (χ0) is 8.97. The smallest absolute Gasteiger partial charge is 0.158 e. The van der Waals surface area contributed by atoms with Gasteiger partial charge in [0.05, 0.1) is 12.1 Å². The molecule has 0 unspecified atom stereocenters. The number of anilines is 1. The Bertz CT molecular complexity index is 326. The second kappa shape index (κ2) is 3.41. The summed E-state index contributed by atoms with van der Waals surface area (Å²) in [6.45, 7) is 0. The Balaban J connectivity index is 2.99. The quantitative estimate of drug-likeness (QED) is 0.626. The normalized spacial score (nSPS) is 8.92. The number of hydrogen-bond acceptors (Lipinski definition) is 3. The molecule has 0 heterocycles. The van der Waals surface area contributed by atoms with Gasteiger partial charge < -0.3 is 5.73 Å². The van der Waals surface area contributed by atoms with Crippen molar-refractivity contribution in [3.63, 3.8) is 0 Å². The number of benzene rings is 1. The molecule has 0 aliphatic heterocycles. The van der Waals surface area contributed by atoms with Crippen LogP contribution < -0.4 is 5.73 Å². The molecule has 0 fully saturated rings. The Morgan fingerprint density at radius 3 is 2.00 bits per heavy atom. The van der Waals surface area contributed by atoms with Gasteiger partial charge in [-0.3, -0.25) is 0 Å². The summed E-state index contributed by atoms with van der Waals surface area (Å²) >= 11 is 0. The van der Waals surface area contributed by atoms with Crippen LogP contribution in [0.5, 0.6) is 0 Å². The van der Waals surface area contributed by atoms with Crippen LogP contribution in [0.3, 0.4) is 0 Å². The highest BCUT2D eigenvalue weighted by Gasteiger charge is 2.07. The van der Waals surface area contributed by atoms with Crippen molar-refractivity contribution in [2.75, 3.05) is 5.73 Å². The fourth-order valence-corrected chi connectivity index (χ4v) is 0.866. The molecule has 12 heavy (non-hydrogen) atoms. The summed E-state index contributed by atoms with van der Waals surface area (Å²) in [4.78, 5) is 0. The molecule has 0 radical (unpaired) electrons. The monoisotopic (exact) mass is 157 g/mol. The van der Waals surface area contributed by atoms with Gasteiger partial charge in [0, 0.05) is 5.69 Å². The average Bonchev–Trinajstić information content (AvgIpc) is 2.10. The largest absolute Gasteiger partial charge is 0.399 e. The van der Waals surface area contributed by atoms with Gasteiger partial charge in [0.15, 0.2) is 5.92 Å². The first-order valence-electron chi connectivity index (χ1n) is 3.42. The number of rotatable bonds is 1. The first kappa shape index (κ1) is 8.10. The molecule has 0 spiro atoms. The van der Waals surface area contributed by atoms with E-state index in [-0.39, 0.29) is 0 Å². The van der Waals surface area contributed by atoms with Crippen molar-refractivity contribution in [1.82, 2.24) is 0 Å². The van der Waals surface area contributed by atoms with Crippen LogP contribution in [-0.4, -0.2) is 0 Å². The summed E-state index contributed by atoms with van der Waals surface area (Å²) in [6.07, 6.45) is 0. The molecule has 58 valence electrons. The van der Waals surface area contributed by atoms with Gasteiger partial charge in [-0.2, -0.15) is 10.5 Å². The molecular formula is C9H7N3. The Hall–Kier alpha value is -2.00. The summed E-state index contributed by atoms with van der Waals surface area (Å²) in [6, 6.07) is 10.5. The van der Waals surface area contributed by atoms with Gasteiger partial charge in [-0.25, -0.2) is 0 Å². The summed E-state index contributed by atoms with van der Waals surface area (Å²) in [5.74, 6) is -0.689. The zero-order valence-corrected chi connectivity index (χ0v) is 6.36. The molecule has 0 aliphatic carbocycles. The van der Waals surface area contributed by atoms with E-state index in [0.717, 1.165) is 0 Å². The Labute approximate surface area is 70.7 Å². The van der Waals surface area contributed by atoms with Crippen LogP contribution >= 0.6 is 0 Å². The molecule has 0 atom stereocenters. The molecule has 3 heteroatoms. The molecule has 0 bridgehead atoms. The van der Waals surface area contributed by atoms with E-state index in [1.54, 1.807) is 24.3 Å². The highest BCUT2D eigenvalue weighted by Crippen LogP contribution is 2.15. The fraction of sp³-hybridized carbons (Fsp3) is 0.111. The third-order valence-electron chi connectivity index (χ3n) is 1.53. The predicted octanol–water partition coefficient (Wildman–Crippen LogP) is 1.40. The van der Waals surface area contributed by atoms with E-state index < -0.39 is 5.92 Å². The van der Waals surface area contributed by atoms with E-state index in [4.69, 9.17) is 16.3 Å². The van der Waals surface area contributed by atoms with E-state index in [9.17, 15) is 0 Å². The maximum Gasteiger partial charge on any atom is 0.158 e. The highest BCUT2D eigenvalue weighted by atomic mass is 14.5. The molecule has 1 aromatic rings. The minimum atomic E-state index is -0.689. The number of hydrogen-bond donors (Lipinski definition) is 1. The topological polar surface area (TPSA) is 73.6 Å². The van der Waals surface area contributed by atoms with Crippen molar-refractivity contribution < 1.29 is 0 Å². The molecular weight excluding hydrogens is 150 g/mol. The van der Waals surface area contributed by atoms with Crippen LogP contribution in [-0.2, 0) is 0 Å². The van der Waals surface area contributed by atoms with E-state index in [2.05, 4.69) is 0 Å². The second-order valence-corrected chi connectivity index (χ2v) is 2.36. The molecule has 0 amide bonds. The van der Waals surface area contributed by atoms with Crippen molar-refractivity contribution in [3.05, 3.63) is 29.8 Å². The standard InChI is InChI=1S/C9H7N3/c10-5-8(6-11)7-1-3-9(12)4-2-7/h1-4,8H,12H2. The van der Waals surface area contributed by atoms with Crippen LogP contribution in [0.4, 0.5) is 5.69 Å². The summed E-state index contributed by atoms with van der Waals surface area (Å²) in [5, 5.41) is 17.1. The maximum absolute atomic E-state index is 8.55. The molecule has 2 N–H and O–H groups in total. The van der Waals surface area contributed by atoms with Gasteiger partial charge >= 0.3 is 0 Å². The lowest BCUT2D eigenvalue weighted by Crippen LogP contribution is -1.92. The zero-order valence-electron chi connectivity index (χ0n) is 6.36. The Morgan fingerprint density at radius 1 is 1.08 bits per heavy atom. The lowest BCUT2D eigenvalue weighted by Gasteiger charge is -1.99. The van der Waals surface area contributed by atoms with Gasteiger partial charge in [-0.05, 0) is 17.7 Å². The predicted molar refractivity (Wildman–Crippen MR) is 44.8 cm³/mol. The van der Waals surface area contributed by atoms with Crippen LogP contribution in [0.15, 0.2) is 24.3 Å². The molecule has 0 aliphatic rings. The van der Waals surface area contributed by atoms with Crippen molar-refractivity contribution >= 4 is 5.69 Å². The lowest BCUT2D eigenvalue weighted by atomic mass is 10.0. The molecule has 0 saturated heterocycles. The molecule has 0 saturated carbocycles. The van der Waals surface area contributed by atoms with Crippen molar-refractivity contribution in [2.45, 2.75) is 5.92 Å². The van der Waals surface area contributed by atoms with E-state index >= 15 is 0 Å². The van der Waals surface area contributed by atoms with Gasteiger partial charge in [-0.1, -0.05) is 12.1 Å². The van der Waals surface area contributed by atoms with Crippen LogP contribution in [0.2, 0.25) is 0 Å². The number of nitriles is 2. The van der Waals surface area contributed by atoms with Crippen LogP contribution in [0.25, 0.3) is 0 Å². The minimum absolute atomic E-state index is 0.633. The van der Waals surface area contributed by atoms with Crippen molar-refractivity contribution in [3.8, 4) is 12.1 Å². The average molecular weight is 157 g/mol. The van der Waals surface area contributed by atoms with E-state index in [1.165, 1.54) is 0 Å². The van der Waals surface area contributed by atoms with Crippen LogP contribution in [0.1, 0.15) is 11.5 Å². The van der Waals surface area contributed by atoms with Gasteiger partial charge in [0.2, 0.25) is 0 Å². The molecule has 1 aromatic carbocycles. The number of nitrogens with two attached hydrogens (primary N) is 1. The Kier molecular flexibility index (Phi) is 2.30. The number of nitrogen functional groups attached to an aromatic ring is 1. The summed E-state index contributed by atoms with van der Waals surface area (Å²) < 4.78 is 0. The highest BCUT2D eigenvalue weighted by molar-refractivity contribution is 5.42. The van der Waals surface area contributed by atoms with Gasteiger partial charge in [0.1, 0.15) is 0 Å². The first-order valence-corrected chi connectivity index (χ1v) is 3.42. The lowest BCUT2D eigenvalue weighted by molar-refractivity contribution is 1.10. The Morgan fingerprint density at radius 2 is 1.58 bits per heavy atom. The third kappa shape index (κ3) is 1.53. The van der Waals surface area contributed by atoms with Crippen molar-refractivity contribution in [2.24, 2.45) is 0 Å². The fourth-order valence-electron chi connectivity index (χ4n) is 0.866. The molecule has 1 rings (SSSR count). The molecule has 3 nitrogen and oxygen atoms in total. The van der Waals surface area contributed by atoms with Crippen molar-refractivity contribution in [1.29, 1.82) is 10.5 Å². The third-order valence-corrected chi connectivity index (χ3v) is 1.53. The van der Waals surface area contributed by atoms with Gasteiger partial charge in [-0.15, -0.1) is 0 Å². The summed E-state index contributed by atoms with van der Waals surface area (Å²) in [7, 11) is 0. The van der Waals surface area contributed by atoms with E-state index in [0.29, 0.717) is 11.3 Å². The minimum Gasteiger partial charge on any atom is -0.399 e.